The fourth-order valence-corrected chi connectivity index (χ4v) is 2.25. The van der Waals surface area contributed by atoms with Crippen molar-refractivity contribution in [3.8, 4) is 0 Å². The first-order valence-corrected chi connectivity index (χ1v) is 6.39. The topological polar surface area (TPSA) is 70.6 Å². The van der Waals surface area contributed by atoms with Crippen LogP contribution in [0.1, 0.15) is 24.8 Å². The average molecular weight is 268 g/mol. The molecule has 0 aliphatic heterocycles. The largest absolute Gasteiger partial charge is 0.409 e. The highest BCUT2D eigenvalue weighted by Crippen LogP contribution is 2.48. The minimum Gasteiger partial charge on any atom is -0.409 e. The molecule has 0 saturated heterocycles. The fourth-order valence-electron chi connectivity index (χ4n) is 2.07. The number of hydrogen-bond donors (Lipinski definition) is 3. The van der Waals surface area contributed by atoms with Crippen molar-refractivity contribution in [3.05, 3.63) is 28.8 Å². The molecule has 1 aromatic carbocycles. The van der Waals surface area contributed by atoms with E-state index in [-0.39, 0.29) is 5.41 Å². The lowest BCUT2D eigenvalue weighted by Crippen LogP contribution is -2.23. The summed E-state index contributed by atoms with van der Waals surface area (Å²) in [5.41, 5.74) is 7.81. The Labute approximate surface area is 112 Å². The van der Waals surface area contributed by atoms with E-state index in [0.717, 1.165) is 30.1 Å². The van der Waals surface area contributed by atoms with Crippen molar-refractivity contribution in [1.82, 2.24) is 0 Å². The molecule has 1 aromatic rings. The summed E-state index contributed by atoms with van der Waals surface area (Å²) in [6, 6.07) is 5.90. The highest BCUT2D eigenvalue weighted by molar-refractivity contribution is 6.33. The van der Waals surface area contributed by atoms with Crippen LogP contribution < -0.4 is 11.1 Å². The smallest absolute Gasteiger partial charge is 0.139 e. The molecule has 4 N–H and O–H groups in total. The minimum atomic E-state index is 0.128. The van der Waals surface area contributed by atoms with E-state index in [4.69, 9.17) is 22.5 Å². The van der Waals surface area contributed by atoms with Crippen LogP contribution in [0.5, 0.6) is 0 Å². The maximum Gasteiger partial charge on any atom is 0.139 e. The molecule has 0 aromatic heterocycles. The molecule has 0 bridgehead atoms. The number of nitrogens with two attached hydrogens (primary N) is 1. The van der Waals surface area contributed by atoms with Gasteiger partial charge in [-0.1, -0.05) is 22.8 Å². The van der Waals surface area contributed by atoms with Crippen LogP contribution in [0.15, 0.2) is 23.4 Å². The van der Waals surface area contributed by atoms with Gasteiger partial charge in [0.2, 0.25) is 0 Å². The third-order valence-electron chi connectivity index (χ3n) is 3.42. The van der Waals surface area contributed by atoms with Gasteiger partial charge >= 0.3 is 0 Å². The van der Waals surface area contributed by atoms with Gasteiger partial charge in [0.1, 0.15) is 5.84 Å². The van der Waals surface area contributed by atoms with Crippen molar-refractivity contribution in [2.45, 2.75) is 26.2 Å². The summed E-state index contributed by atoms with van der Waals surface area (Å²) in [6.07, 6.45) is 2.82. The molecule has 1 aliphatic rings. The Bertz CT molecular complexity index is 469. The predicted molar refractivity (Wildman–Crippen MR) is 74.4 cm³/mol. The van der Waals surface area contributed by atoms with Crippen LogP contribution in [-0.4, -0.2) is 17.6 Å². The highest BCUT2D eigenvalue weighted by atomic mass is 35.5. The summed E-state index contributed by atoms with van der Waals surface area (Å²) in [7, 11) is 0. The fraction of sp³-hybridized carbons (Fsp3) is 0.462. The van der Waals surface area contributed by atoms with Gasteiger partial charge in [0.15, 0.2) is 0 Å². The number of amidine groups is 1. The summed E-state index contributed by atoms with van der Waals surface area (Å²) in [6.45, 7) is 2.83. The molecule has 5 heteroatoms. The molecule has 4 nitrogen and oxygen atoms in total. The van der Waals surface area contributed by atoms with E-state index in [1.54, 1.807) is 0 Å². The third kappa shape index (κ3) is 3.07. The number of halogens is 1. The zero-order chi connectivity index (χ0) is 13.2. The Balaban J connectivity index is 1.97. The Kier molecular flexibility index (Phi) is 3.66. The molecule has 98 valence electrons. The zero-order valence-corrected chi connectivity index (χ0v) is 11.2. The summed E-state index contributed by atoms with van der Waals surface area (Å²) in [5, 5.41) is 15.7. The zero-order valence-electron chi connectivity index (χ0n) is 10.4. The molecule has 0 radical (unpaired) electrons. The van der Waals surface area contributed by atoms with Gasteiger partial charge in [-0.15, -0.1) is 0 Å². The second-order valence-electron chi connectivity index (χ2n) is 5.10. The Hall–Kier alpha value is -1.42. The van der Waals surface area contributed by atoms with Crippen molar-refractivity contribution < 1.29 is 5.21 Å². The molecule has 1 fully saturated rings. The number of nitrogens with zero attached hydrogens (tertiary/aromatic N) is 1. The van der Waals surface area contributed by atoms with Crippen LogP contribution >= 0.6 is 11.6 Å². The monoisotopic (exact) mass is 267 g/mol. The molecule has 0 amide bonds. The molecule has 1 saturated carbocycles. The van der Waals surface area contributed by atoms with Gasteiger partial charge in [-0.25, -0.2) is 0 Å². The van der Waals surface area contributed by atoms with Gasteiger partial charge in [0.05, 0.1) is 10.7 Å². The van der Waals surface area contributed by atoms with Crippen LogP contribution in [0.3, 0.4) is 0 Å². The summed E-state index contributed by atoms with van der Waals surface area (Å²) >= 11 is 6.13. The quantitative estimate of drug-likeness (QED) is 0.332. The van der Waals surface area contributed by atoms with Crippen molar-refractivity contribution in [3.63, 3.8) is 0 Å². The van der Waals surface area contributed by atoms with Crippen molar-refractivity contribution >= 4 is 23.1 Å². The number of hydrogen-bond acceptors (Lipinski definition) is 3. The van der Waals surface area contributed by atoms with Gasteiger partial charge < -0.3 is 16.3 Å². The highest BCUT2D eigenvalue weighted by Gasteiger charge is 2.43. The Morgan fingerprint density at radius 3 is 2.89 bits per heavy atom. The molecule has 1 aliphatic carbocycles. The molecule has 0 unspecified atom stereocenters. The molecule has 0 heterocycles. The lowest BCUT2D eigenvalue weighted by atomic mass is 10.0. The number of oxime groups is 1. The molecule has 18 heavy (non-hydrogen) atoms. The molecule has 0 atom stereocenters. The minimum absolute atomic E-state index is 0.128. The van der Waals surface area contributed by atoms with Gasteiger partial charge in [-0.05, 0) is 42.9 Å². The molecule has 0 spiro atoms. The van der Waals surface area contributed by atoms with Gasteiger partial charge in [-0.2, -0.15) is 0 Å². The van der Waals surface area contributed by atoms with E-state index < -0.39 is 0 Å². The summed E-state index contributed by atoms with van der Waals surface area (Å²) in [5.74, 6) is 0.296. The number of benzene rings is 1. The molecular weight excluding hydrogens is 250 g/mol. The second-order valence-corrected chi connectivity index (χ2v) is 5.51. The van der Waals surface area contributed by atoms with Crippen molar-refractivity contribution in [2.75, 3.05) is 11.9 Å². The number of aryl methyl sites for hydroxylation is 1. The standard InChI is InChI=1S/C13H18ClN3O/c1-9-2-3-10(14)11(6-9)16-8-13(4-5-13)7-12(15)17-18/h2-3,6,16,18H,4-5,7-8H2,1H3,(H2,15,17). The number of rotatable bonds is 5. The molecular formula is C13H18ClN3O. The van der Waals surface area contributed by atoms with E-state index in [1.165, 1.54) is 5.56 Å². The first-order chi connectivity index (χ1) is 8.54. The van der Waals surface area contributed by atoms with E-state index in [0.29, 0.717) is 12.3 Å². The molecule has 2 rings (SSSR count). The Morgan fingerprint density at radius 1 is 1.56 bits per heavy atom. The number of nitrogens with one attached hydrogen (secondary N) is 1. The lowest BCUT2D eigenvalue weighted by molar-refractivity contribution is 0.315. The maximum absolute atomic E-state index is 8.61. The van der Waals surface area contributed by atoms with E-state index >= 15 is 0 Å². The SMILES string of the molecule is Cc1ccc(Cl)c(NCC2(C/C(N)=N/O)CC2)c1. The van der Waals surface area contributed by atoms with E-state index in [1.807, 2.05) is 25.1 Å². The van der Waals surface area contributed by atoms with Crippen LogP contribution in [0, 0.1) is 12.3 Å². The van der Waals surface area contributed by atoms with Gasteiger partial charge in [0.25, 0.3) is 0 Å². The summed E-state index contributed by atoms with van der Waals surface area (Å²) < 4.78 is 0. The van der Waals surface area contributed by atoms with Gasteiger partial charge in [0, 0.05) is 13.0 Å². The van der Waals surface area contributed by atoms with Crippen LogP contribution in [0.2, 0.25) is 5.02 Å². The normalized spacial score (nSPS) is 17.6. The first-order valence-electron chi connectivity index (χ1n) is 6.01. The second kappa shape index (κ2) is 5.06. The van der Waals surface area contributed by atoms with Crippen molar-refractivity contribution in [1.29, 1.82) is 0 Å². The number of anilines is 1. The predicted octanol–water partition coefficient (Wildman–Crippen LogP) is 2.98. The van der Waals surface area contributed by atoms with E-state index in [9.17, 15) is 0 Å². The van der Waals surface area contributed by atoms with Crippen LogP contribution in [-0.2, 0) is 0 Å². The average Bonchev–Trinajstić information content (AvgIpc) is 3.10. The lowest BCUT2D eigenvalue weighted by Gasteiger charge is -2.17. The summed E-state index contributed by atoms with van der Waals surface area (Å²) in [4.78, 5) is 0. The Morgan fingerprint density at radius 2 is 2.28 bits per heavy atom. The van der Waals surface area contributed by atoms with E-state index in [2.05, 4.69) is 10.5 Å². The first kappa shape index (κ1) is 13.0. The van der Waals surface area contributed by atoms with Crippen LogP contribution in [0.25, 0.3) is 0 Å². The third-order valence-corrected chi connectivity index (χ3v) is 3.75. The van der Waals surface area contributed by atoms with Crippen molar-refractivity contribution in [2.24, 2.45) is 16.3 Å². The van der Waals surface area contributed by atoms with Crippen LogP contribution in [0.4, 0.5) is 5.69 Å². The van der Waals surface area contributed by atoms with Gasteiger partial charge in [-0.3, -0.25) is 0 Å². The maximum atomic E-state index is 8.61.